The fraction of sp³-hybridized carbons (Fsp3) is 0.463. The summed E-state index contributed by atoms with van der Waals surface area (Å²) in [5.41, 5.74) is 8.09. The molecule has 8 aromatic carbocycles. The van der Waals surface area contributed by atoms with E-state index in [0.717, 1.165) is 42.4 Å². The molecule has 7 aliphatic carbocycles. The number of carbonyl (C=O) groups excluding carboxylic acids is 10. The van der Waals surface area contributed by atoms with Crippen molar-refractivity contribution in [1.29, 1.82) is 0 Å². The Labute approximate surface area is 749 Å². The molecule has 0 aromatic heterocycles. The van der Waals surface area contributed by atoms with Gasteiger partial charge in [-0.25, -0.2) is 14.7 Å². The minimum absolute atomic E-state index is 0.0154. The summed E-state index contributed by atoms with van der Waals surface area (Å²) in [6.45, 7) is 25.7. The number of benzene rings is 8. The molecule has 3 N–H and O–H groups in total. The number of rotatable bonds is 21. The predicted molar refractivity (Wildman–Crippen MR) is 499 cm³/mol. The lowest BCUT2D eigenvalue weighted by atomic mass is 9.78. The number of esters is 2. The molecule has 0 radical (unpaired) electrons. The van der Waals surface area contributed by atoms with E-state index >= 15 is 0 Å². The maximum Gasteiger partial charge on any atom is 0.302 e. The number of ketones is 8. The summed E-state index contributed by atoms with van der Waals surface area (Å²) in [7, 11) is 1.35. The number of ether oxygens (including phenoxy) is 2. The van der Waals surface area contributed by atoms with E-state index in [4.69, 9.17) is 20.5 Å². The first-order chi connectivity index (χ1) is 60.9. The fourth-order valence-corrected chi connectivity index (χ4v) is 16.7. The molecule has 0 heterocycles. The van der Waals surface area contributed by atoms with Gasteiger partial charge in [-0.1, -0.05) is 384 Å². The zero-order valence-electron chi connectivity index (χ0n) is 77.2. The second-order valence-corrected chi connectivity index (χ2v) is 33.1. The van der Waals surface area contributed by atoms with Crippen LogP contribution < -0.4 is 0 Å². The Bertz CT molecular complexity index is 3780. The molecule has 3 fully saturated rings. The van der Waals surface area contributed by atoms with E-state index in [1.807, 2.05) is 41.5 Å². The monoisotopic (exact) mass is 1730 g/mol. The topological polar surface area (TPSA) is 278 Å². The molecule has 18 heteroatoms. The maximum absolute atomic E-state index is 12.1. The van der Waals surface area contributed by atoms with E-state index in [9.17, 15) is 47.9 Å². The van der Waals surface area contributed by atoms with Crippen LogP contribution in [0.2, 0.25) is 0 Å². The number of methoxy groups -OCH3 is 1. The minimum Gasteiger partial charge on any atom is -0.469 e. The molecule has 0 saturated heterocycles. The number of hydrogen-bond donors (Lipinski definition) is 3. The minimum atomic E-state index is -0.245. The van der Waals surface area contributed by atoms with Crippen LogP contribution in [0, 0.1) is 35.5 Å². The van der Waals surface area contributed by atoms with E-state index in [-0.39, 0.29) is 76.5 Å². The normalized spacial score (nSPS) is 17.8. The zero-order chi connectivity index (χ0) is 92.5. The summed E-state index contributed by atoms with van der Waals surface area (Å²) in [4.78, 5) is 130. The van der Waals surface area contributed by atoms with Gasteiger partial charge >= 0.3 is 11.9 Å². The highest BCUT2D eigenvalue weighted by Crippen LogP contribution is 2.38. The first-order valence-electron chi connectivity index (χ1n) is 46.1. The summed E-state index contributed by atoms with van der Waals surface area (Å²) < 4.78 is 9.19. The molecule has 7 aliphatic rings. The fourth-order valence-electron chi connectivity index (χ4n) is 16.7. The predicted octanol–water partition coefficient (Wildman–Crippen LogP) is 26.2. The summed E-state index contributed by atoms with van der Waals surface area (Å²) in [5, 5.41) is 24.8. The van der Waals surface area contributed by atoms with Gasteiger partial charge in [0.15, 0.2) is 46.3 Å². The van der Waals surface area contributed by atoms with Gasteiger partial charge in [-0.3, -0.25) is 63.7 Å². The molecule has 18 nitrogen and oxygen atoms in total. The van der Waals surface area contributed by atoms with Crippen molar-refractivity contribution in [2.24, 2.45) is 35.5 Å². The summed E-state index contributed by atoms with van der Waals surface area (Å²) in [5.74, 6) is 4.21. The lowest BCUT2D eigenvalue weighted by Crippen LogP contribution is -2.20. The second-order valence-electron chi connectivity index (χ2n) is 33.1. The van der Waals surface area contributed by atoms with Gasteiger partial charge < -0.3 is 9.47 Å². The SMILES string of the molecule is CC.CC.CC(C)OO.CCCCCC1CCC(CC(C)OO)CC1.CCCCCC1CCC(CC(C)OO)CC1.CCCCCC1CCC(COC(C)=O)CC1.COC(C)=O.O=C1c2ccccc2C(=O)c2ccccc21.O=C1c2ccccc2C(=O)c2ccccc21.O=C1c2ccccc2C(=O)c2ccccc21.O=C1c2ccccc2C(=O)c2ccccc21. The van der Waals surface area contributed by atoms with Gasteiger partial charge in [0, 0.05) is 103 Å². The second kappa shape index (κ2) is 59.0. The molecule has 126 heavy (non-hydrogen) atoms. The van der Waals surface area contributed by atoms with Crippen LogP contribution in [0.3, 0.4) is 0 Å². The molecule has 15 rings (SSSR count). The third kappa shape index (κ3) is 33.5. The van der Waals surface area contributed by atoms with Crippen LogP contribution in [-0.2, 0) is 33.7 Å². The molecule has 0 aliphatic heterocycles. The average Bonchev–Trinajstić information content (AvgIpc) is 0.784. The van der Waals surface area contributed by atoms with Crippen LogP contribution in [0.4, 0.5) is 0 Å². The Morgan fingerprint density at radius 2 is 0.444 bits per heavy atom. The van der Waals surface area contributed by atoms with E-state index in [0.29, 0.717) is 102 Å². The van der Waals surface area contributed by atoms with Crippen LogP contribution in [0.1, 0.15) is 384 Å². The van der Waals surface area contributed by atoms with E-state index < -0.39 is 0 Å². The van der Waals surface area contributed by atoms with Gasteiger partial charge in [0.1, 0.15) is 0 Å². The number of hydrogen-bond acceptors (Lipinski definition) is 18. The van der Waals surface area contributed by atoms with Crippen molar-refractivity contribution < 1.29 is 87.9 Å². The highest BCUT2D eigenvalue weighted by molar-refractivity contribution is 6.31. The molecule has 8 aromatic rings. The highest BCUT2D eigenvalue weighted by atomic mass is 17.1. The smallest absolute Gasteiger partial charge is 0.302 e. The third-order valence-corrected chi connectivity index (χ3v) is 23.6. The maximum atomic E-state index is 12.1. The molecule has 2 unspecified atom stereocenters. The van der Waals surface area contributed by atoms with Crippen molar-refractivity contribution in [3.63, 3.8) is 0 Å². The van der Waals surface area contributed by atoms with Crippen molar-refractivity contribution in [1.82, 2.24) is 0 Å². The summed E-state index contributed by atoms with van der Waals surface area (Å²) >= 11 is 0. The van der Waals surface area contributed by atoms with Crippen molar-refractivity contribution >= 4 is 58.2 Å². The lowest BCUT2D eigenvalue weighted by molar-refractivity contribution is -0.277. The van der Waals surface area contributed by atoms with Gasteiger partial charge in [-0.05, 0) is 88.9 Å². The zero-order valence-corrected chi connectivity index (χ0v) is 77.2. The van der Waals surface area contributed by atoms with Crippen LogP contribution in [-0.4, -0.2) is 106 Å². The lowest BCUT2D eigenvalue weighted by Gasteiger charge is -2.29. The van der Waals surface area contributed by atoms with Gasteiger partial charge in [-0.15, -0.1) is 0 Å². The largest absolute Gasteiger partial charge is 0.469 e. The van der Waals surface area contributed by atoms with Gasteiger partial charge in [0.2, 0.25) is 0 Å². The van der Waals surface area contributed by atoms with Crippen molar-refractivity contribution in [3.8, 4) is 0 Å². The van der Waals surface area contributed by atoms with E-state index in [1.165, 1.54) is 175 Å². The van der Waals surface area contributed by atoms with Crippen LogP contribution in [0.25, 0.3) is 0 Å². The number of carbonyl (C=O) groups is 10. The Kier molecular flexibility index (Phi) is 49.8. The first kappa shape index (κ1) is 106. The van der Waals surface area contributed by atoms with E-state index in [2.05, 4.69) is 40.2 Å². The molecular formula is C108H140O18. The Morgan fingerprint density at radius 1 is 0.286 bits per heavy atom. The first-order valence-corrected chi connectivity index (χ1v) is 46.1. The number of unbranched alkanes of at least 4 members (excludes halogenated alkanes) is 6. The van der Waals surface area contributed by atoms with Crippen LogP contribution in [0.5, 0.6) is 0 Å². The van der Waals surface area contributed by atoms with Crippen LogP contribution >= 0.6 is 0 Å². The molecule has 0 bridgehead atoms. The summed E-state index contributed by atoms with van der Waals surface area (Å²) in [6, 6.07) is 55.6. The van der Waals surface area contributed by atoms with Gasteiger partial charge in [0.25, 0.3) is 0 Å². The Balaban J connectivity index is 0.000000254. The summed E-state index contributed by atoms with van der Waals surface area (Å²) in [6.07, 6.45) is 34.8. The quantitative estimate of drug-likeness (QED) is 0.0261. The average molecular weight is 1730 g/mol. The molecule has 0 spiro atoms. The molecule has 0 amide bonds. The van der Waals surface area contributed by atoms with E-state index in [1.54, 1.807) is 208 Å². The van der Waals surface area contributed by atoms with Crippen molar-refractivity contribution in [3.05, 3.63) is 283 Å². The van der Waals surface area contributed by atoms with Crippen LogP contribution in [0.15, 0.2) is 194 Å². The Morgan fingerprint density at radius 3 is 0.579 bits per heavy atom. The van der Waals surface area contributed by atoms with Crippen molar-refractivity contribution in [2.45, 2.75) is 275 Å². The van der Waals surface area contributed by atoms with Gasteiger partial charge in [-0.2, -0.15) is 0 Å². The van der Waals surface area contributed by atoms with Gasteiger partial charge in [0.05, 0.1) is 32.0 Å². The molecule has 680 valence electrons. The Hall–Kier alpha value is -10.2. The molecule has 3 saturated carbocycles. The van der Waals surface area contributed by atoms with Crippen molar-refractivity contribution in [2.75, 3.05) is 13.7 Å². The highest BCUT2D eigenvalue weighted by Gasteiger charge is 2.33. The molecular weight excluding hydrogens is 1590 g/mol. The molecule has 2 atom stereocenters. The standard InChI is InChI=1S/4C14H8O2.C14H26O2.2C14H28O2.C3H6O2.C3H8O2.2C2H6/c4*15-13-9-5-1-2-6-10(9)14(16)12-8-4-3-7-11(12)13;1-3-4-5-6-13-7-9-14(10-8-13)11-16-12(2)15;2*1-3-4-5-6-13-7-9-14(10-8-13)11-12(2)16-15;1-3(4)5-2;1-3(2)5-4;2*1-2/h4*1-8H;13-14H,3-11H2,1-2H3;2*12-15H,3-11H2,1-2H3;1-2H3;3-4H,1-2H3;2*1-2H3. The third-order valence-electron chi connectivity index (χ3n) is 23.6. The number of fused-ring (bicyclic) bond motifs is 8.